The normalized spacial score (nSPS) is 28.1. The van der Waals surface area contributed by atoms with Crippen LogP contribution in [0.15, 0.2) is 18.2 Å². The van der Waals surface area contributed by atoms with Gasteiger partial charge >= 0.3 is 0 Å². The minimum Gasteiger partial charge on any atom is -0.381 e. The van der Waals surface area contributed by atoms with Gasteiger partial charge < -0.3 is 5.32 Å². The van der Waals surface area contributed by atoms with Crippen LogP contribution in [0.3, 0.4) is 0 Å². The molecule has 3 rings (SSSR count). The lowest BCUT2D eigenvalue weighted by Gasteiger charge is -2.30. The molecule has 0 radical (unpaired) electrons. The SMILES string of the molecule is Fc1cccc(NC2CCCC(C3CC3)C2)c1I. The molecule has 1 aromatic rings. The van der Waals surface area contributed by atoms with Gasteiger partial charge in [0.2, 0.25) is 0 Å². The molecule has 2 unspecified atom stereocenters. The van der Waals surface area contributed by atoms with Crippen molar-refractivity contribution in [3.05, 3.63) is 27.6 Å². The van der Waals surface area contributed by atoms with Crippen LogP contribution in [0.2, 0.25) is 0 Å². The number of anilines is 1. The van der Waals surface area contributed by atoms with Crippen LogP contribution in [-0.2, 0) is 0 Å². The van der Waals surface area contributed by atoms with Gasteiger partial charge in [0.05, 0.1) is 9.26 Å². The Morgan fingerprint density at radius 1 is 1.11 bits per heavy atom. The van der Waals surface area contributed by atoms with Crippen molar-refractivity contribution < 1.29 is 4.39 Å². The fourth-order valence-corrected chi connectivity index (χ4v) is 3.70. The Hall–Kier alpha value is -0.320. The number of rotatable bonds is 3. The summed E-state index contributed by atoms with van der Waals surface area (Å²) in [6.07, 6.45) is 8.12. The molecule has 18 heavy (non-hydrogen) atoms. The lowest BCUT2D eigenvalue weighted by Crippen LogP contribution is -2.28. The van der Waals surface area contributed by atoms with Gasteiger partial charge in [0.25, 0.3) is 0 Å². The average Bonchev–Trinajstić information content (AvgIpc) is 3.20. The molecule has 1 nitrogen and oxygen atoms in total. The summed E-state index contributed by atoms with van der Waals surface area (Å²) < 4.78 is 14.2. The van der Waals surface area contributed by atoms with Gasteiger partial charge in [-0.1, -0.05) is 18.9 Å². The predicted molar refractivity (Wildman–Crippen MR) is 81.2 cm³/mol. The van der Waals surface area contributed by atoms with Crippen molar-refractivity contribution in [1.82, 2.24) is 0 Å². The van der Waals surface area contributed by atoms with Crippen molar-refractivity contribution in [2.45, 2.75) is 44.6 Å². The molecule has 2 aliphatic carbocycles. The lowest BCUT2D eigenvalue weighted by atomic mass is 9.82. The van der Waals surface area contributed by atoms with Crippen molar-refractivity contribution in [3.8, 4) is 0 Å². The first-order valence-electron chi connectivity index (χ1n) is 6.94. The topological polar surface area (TPSA) is 12.0 Å². The van der Waals surface area contributed by atoms with Gasteiger partial charge in [-0.15, -0.1) is 0 Å². The molecular weight excluding hydrogens is 340 g/mol. The van der Waals surface area contributed by atoms with E-state index in [-0.39, 0.29) is 5.82 Å². The van der Waals surface area contributed by atoms with Crippen molar-refractivity contribution in [2.75, 3.05) is 5.32 Å². The van der Waals surface area contributed by atoms with Gasteiger partial charge in [0, 0.05) is 6.04 Å². The second-order valence-electron chi connectivity index (χ2n) is 5.71. The molecular formula is C15H19FIN. The van der Waals surface area contributed by atoms with Crippen molar-refractivity contribution in [2.24, 2.45) is 11.8 Å². The molecule has 0 bridgehead atoms. The van der Waals surface area contributed by atoms with Gasteiger partial charge in [-0.2, -0.15) is 0 Å². The first-order chi connectivity index (χ1) is 8.74. The van der Waals surface area contributed by atoms with E-state index < -0.39 is 0 Å². The van der Waals surface area contributed by atoms with Crippen molar-refractivity contribution >= 4 is 28.3 Å². The predicted octanol–water partition coefficient (Wildman–Crippen LogP) is 4.81. The van der Waals surface area contributed by atoms with Crippen molar-refractivity contribution in [1.29, 1.82) is 0 Å². The third kappa shape index (κ3) is 2.81. The third-order valence-corrected chi connectivity index (χ3v) is 5.41. The highest BCUT2D eigenvalue weighted by Crippen LogP contribution is 2.44. The molecule has 0 heterocycles. The van der Waals surface area contributed by atoms with E-state index in [0.717, 1.165) is 21.1 Å². The lowest BCUT2D eigenvalue weighted by molar-refractivity contribution is 0.303. The van der Waals surface area contributed by atoms with Crippen LogP contribution in [0.4, 0.5) is 10.1 Å². The monoisotopic (exact) mass is 359 g/mol. The Morgan fingerprint density at radius 3 is 2.72 bits per heavy atom. The van der Waals surface area contributed by atoms with Gasteiger partial charge in [-0.3, -0.25) is 0 Å². The third-order valence-electron chi connectivity index (χ3n) is 4.31. The molecule has 2 aliphatic rings. The number of hydrogen-bond donors (Lipinski definition) is 1. The van der Waals surface area contributed by atoms with Gasteiger partial charge in [0.1, 0.15) is 5.82 Å². The number of hydrogen-bond acceptors (Lipinski definition) is 1. The second-order valence-corrected chi connectivity index (χ2v) is 6.79. The summed E-state index contributed by atoms with van der Waals surface area (Å²) in [5.41, 5.74) is 0.969. The molecule has 0 saturated heterocycles. The van der Waals surface area contributed by atoms with E-state index in [1.54, 1.807) is 6.07 Å². The molecule has 1 aromatic carbocycles. The van der Waals surface area contributed by atoms with Crippen LogP contribution in [0, 0.1) is 21.2 Å². The highest BCUT2D eigenvalue weighted by molar-refractivity contribution is 14.1. The minimum atomic E-state index is -0.116. The maximum absolute atomic E-state index is 13.5. The Morgan fingerprint density at radius 2 is 1.94 bits per heavy atom. The van der Waals surface area contributed by atoms with Crippen LogP contribution in [-0.4, -0.2) is 6.04 Å². The van der Waals surface area contributed by atoms with E-state index in [9.17, 15) is 4.39 Å². The summed E-state index contributed by atoms with van der Waals surface area (Å²) in [5, 5.41) is 3.56. The zero-order valence-corrected chi connectivity index (χ0v) is 12.6. The summed E-state index contributed by atoms with van der Waals surface area (Å²) in [7, 11) is 0. The minimum absolute atomic E-state index is 0.116. The summed E-state index contributed by atoms with van der Waals surface area (Å²) >= 11 is 2.09. The summed E-state index contributed by atoms with van der Waals surface area (Å²) in [4.78, 5) is 0. The molecule has 3 heteroatoms. The highest BCUT2D eigenvalue weighted by atomic mass is 127. The molecule has 0 aromatic heterocycles. The quantitative estimate of drug-likeness (QED) is 0.764. The zero-order valence-electron chi connectivity index (χ0n) is 10.5. The van der Waals surface area contributed by atoms with E-state index >= 15 is 0 Å². The number of nitrogens with one attached hydrogen (secondary N) is 1. The van der Waals surface area contributed by atoms with E-state index in [0.29, 0.717) is 6.04 Å². The van der Waals surface area contributed by atoms with E-state index in [1.165, 1.54) is 44.6 Å². The Balaban J connectivity index is 1.66. The van der Waals surface area contributed by atoms with E-state index in [1.807, 2.05) is 6.07 Å². The van der Waals surface area contributed by atoms with Crippen LogP contribution in [0.5, 0.6) is 0 Å². The zero-order chi connectivity index (χ0) is 12.5. The Bertz CT molecular complexity index is 431. The molecule has 2 fully saturated rings. The average molecular weight is 359 g/mol. The molecule has 0 amide bonds. The van der Waals surface area contributed by atoms with Crippen LogP contribution in [0.1, 0.15) is 38.5 Å². The van der Waals surface area contributed by atoms with Crippen LogP contribution < -0.4 is 5.32 Å². The first-order valence-corrected chi connectivity index (χ1v) is 8.02. The molecule has 2 atom stereocenters. The smallest absolute Gasteiger partial charge is 0.138 e. The van der Waals surface area contributed by atoms with Gasteiger partial charge in [-0.25, -0.2) is 4.39 Å². The maximum atomic E-state index is 13.5. The maximum Gasteiger partial charge on any atom is 0.138 e. The molecule has 0 aliphatic heterocycles. The first kappa shape index (κ1) is 12.7. The fraction of sp³-hybridized carbons (Fsp3) is 0.600. The van der Waals surface area contributed by atoms with Crippen LogP contribution in [0.25, 0.3) is 0 Å². The van der Waals surface area contributed by atoms with E-state index in [2.05, 4.69) is 27.9 Å². The molecule has 0 spiro atoms. The Labute approximate surface area is 122 Å². The second kappa shape index (κ2) is 5.35. The largest absolute Gasteiger partial charge is 0.381 e. The molecule has 1 N–H and O–H groups in total. The summed E-state index contributed by atoms with van der Waals surface area (Å²) in [6, 6.07) is 5.85. The van der Waals surface area contributed by atoms with Gasteiger partial charge in [-0.05, 0) is 72.2 Å². The summed E-state index contributed by atoms with van der Waals surface area (Å²) in [6.45, 7) is 0. The number of halogens is 2. The molecule has 2 saturated carbocycles. The number of benzene rings is 1. The van der Waals surface area contributed by atoms with Crippen LogP contribution >= 0.6 is 22.6 Å². The van der Waals surface area contributed by atoms with E-state index in [4.69, 9.17) is 0 Å². The van der Waals surface area contributed by atoms with Crippen molar-refractivity contribution in [3.63, 3.8) is 0 Å². The fourth-order valence-electron chi connectivity index (χ4n) is 3.19. The standard InChI is InChI=1S/C15H19FIN/c16-13-5-2-6-14(15(13)17)18-12-4-1-3-11(9-12)10-7-8-10/h2,5-6,10-12,18H,1,3-4,7-9H2. The highest BCUT2D eigenvalue weighted by Gasteiger charge is 2.34. The molecule has 98 valence electrons. The Kier molecular flexibility index (Phi) is 3.78. The summed E-state index contributed by atoms with van der Waals surface area (Å²) in [5.74, 6) is 1.80. The van der Waals surface area contributed by atoms with Gasteiger partial charge in [0.15, 0.2) is 0 Å².